The van der Waals surface area contributed by atoms with E-state index >= 15 is 0 Å². The summed E-state index contributed by atoms with van der Waals surface area (Å²) in [5.41, 5.74) is 1.18. The predicted molar refractivity (Wildman–Crippen MR) is 90.3 cm³/mol. The van der Waals surface area contributed by atoms with E-state index in [0.717, 1.165) is 24.0 Å². The molecule has 1 N–H and O–H groups in total. The molecule has 0 aliphatic heterocycles. The molecule has 0 atom stereocenters. The van der Waals surface area contributed by atoms with Gasteiger partial charge in [-0.25, -0.2) is 9.97 Å². The second-order valence-electron chi connectivity index (χ2n) is 6.36. The van der Waals surface area contributed by atoms with E-state index in [9.17, 15) is 0 Å². The lowest BCUT2D eigenvalue weighted by Crippen LogP contribution is -2.38. The molecule has 4 nitrogen and oxygen atoms in total. The van der Waals surface area contributed by atoms with Gasteiger partial charge in [0.05, 0.1) is 0 Å². The Labute approximate surface area is 129 Å². The number of hydrogen-bond acceptors (Lipinski definition) is 4. The van der Waals surface area contributed by atoms with Crippen LogP contribution < -0.4 is 10.2 Å². The first-order valence-electron chi connectivity index (χ1n) is 8.41. The molecule has 118 valence electrons. The molecule has 0 radical (unpaired) electrons. The van der Waals surface area contributed by atoms with E-state index in [0.29, 0.717) is 12.0 Å². The monoisotopic (exact) mass is 290 g/mol. The number of rotatable bonds is 5. The first-order chi connectivity index (χ1) is 10.1. The van der Waals surface area contributed by atoms with Gasteiger partial charge in [0.25, 0.3) is 0 Å². The quantitative estimate of drug-likeness (QED) is 0.886. The topological polar surface area (TPSA) is 41.1 Å². The minimum Gasteiger partial charge on any atom is -0.373 e. The summed E-state index contributed by atoms with van der Waals surface area (Å²) in [5.74, 6) is 3.39. The molecule has 0 aromatic carbocycles. The van der Waals surface area contributed by atoms with Crippen LogP contribution in [0.5, 0.6) is 0 Å². The van der Waals surface area contributed by atoms with Crippen LogP contribution in [0.1, 0.15) is 70.2 Å². The summed E-state index contributed by atoms with van der Waals surface area (Å²) < 4.78 is 0. The molecule has 0 unspecified atom stereocenters. The van der Waals surface area contributed by atoms with Crippen LogP contribution in [0.15, 0.2) is 0 Å². The fourth-order valence-electron chi connectivity index (χ4n) is 3.28. The highest BCUT2D eigenvalue weighted by Gasteiger charge is 2.24. The third-order valence-corrected chi connectivity index (χ3v) is 4.52. The van der Waals surface area contributed by atoms with Crippen molar-refractivity contribution in [3.63, 3.8) is 0 Å². The summed E-state index contributed by atoms with van der Waals surface area (Å²) in [7, 11) is 1.94. The molecule has 0 amide bonds. The first kappa shape index (κ1) is 16.1. The smallest absolute Gasteiger partial charge is 0.137 e. The van der Waals surface area contributed by atoms with Crippen molar-refractivity contribution in [1.82, 2.24) is 9.97 Å². The fraction of sp³-hybridized carbons (Fsp3) is 0.765. The van der Waals surface area contributed by atoms with Crippen LogP contribution in [-0.4, -0.2) is 29.6 Å². The Bertz CT molecular complexity index is 464. The number of nitrogens with zero attached hydrogens (tertiary/aromatic N) is 3. The van der Waals surface area contributed by atoms with Crippen molar-refractivity contribution in [2.75, 3.05) is 23.8 Å². The lowest BCUT2D eigenvalue weighted by atomic mass is 9.94. The molecule has 1 aromatic heterocycles. The Balaban J connectivity index is 2.40. The van der Waals surface area contributed by atoms with Crippen molar-refractivity contribution in [3.05, 3.63) is 11.4 Å². The minimum absolute atomic E-state index is 0.349. The summed E-state index contributed by atoms with van der Waals surface area (Å²) in [6.45, 7) is 9.71. The van der Waals surface area contributed by atoms with E-state index in [2.05, 4.69) is 42.9 Å². The van der Waals surface area contributed by atoms with Gasteiger partial charge in [0, 0.05) is 31.1 Å². The normalized spacial score (nSPS) is 16.3. The zero-order chi connectivity index (χ0) is 15.4. The maximum absolute atomic E-state index is 4.90. The number of nitrogens with one attached hydrogen (secondary N) is 1. The fourth-order valence-corrected chi connectivity index (χ4v) is 3.28. The van der Waals surface area contributed by atoms with E-state index in [1.54, 1.807) is 0 Å². The third-order valence-electron chi connectivity index (χ3n) is 4.52. The van der Waals surface area contributed by atoms with Gasteiger partial charge >= 0.3 is 0 Å². The molecule has 1 aliphatic rings. The molecular weight excluding hydrogens is 260 g/mol. The van der Waals surface area contributed by atoms with Crippen LogP contribution in [-0.2, 0) is 0 Å². The van der Waals surface area contributed by atoms with Gasteiger partial charge in [-0.3, -0.25) is 0 Å². The first-order valence-corrected chi connectivity index (χ1v) is 8.41. The Hall–Kier alpha value is -1.32. The Morgan fingerprint density at radius 2 is 1.86 bits per heavy atom. The molecule has 1 aliphatic carbocycles. The van der Waals surface area contributed by atoms with Crippen LogP contribution in [0.25, 0.3) is 0 Å². The number of hydrogen-bond donors (Lipinski definition) is 1. The molecule has 1 saturated carbocycles. The van der Waals surface area contributed by atoms with E-state index < -0.39 is 0 Å². The maximum atomic E-state index is 4.90. The van der Waals surface area contributed by atoms with Crippen molar-refractivity contribution in [1.29, 1.82) is 0 Å². The average molecular weight is 290 g/mol. The summed E-state index contributed by atoms with van der Waals surface area (Å²) in [4.78, 5) is 12.1. The van der Waals surface area contributed by atoms with E-state index in [4.69, 9.17) is 4.98 Å². The Morgan fingerprint density at radius 1 is 1.19 bits per heavy atom. The molecule has 2 rings (SSSR count). The third kappa shape index (κ3) is 3.47. The van der Waals surface area contributed by atoms with Gasteiger partial charge in [-0.15, -0.1) is 0 Å². The Morgan fingerprint density at radius 3 is 2.38 bits per heavy atom. The Kier molecular flexibility index (Phi) is 5.43. The second-order valence-corrected chi connectivity index (χ2v) is 6.36. The van der Waals surface area contributed by atoms with Crippen LogP contribution in [0.3, 0.4) is 0 Å². The molecule has 0 spiro atoms. The lowest BCUT2D eigenvalue weighted by molar-refractivity contribution is 0.415. The van der Waals surface area contributed by atoms with Crippen molar-refractivity contribution in [2.45, 2.75) is 71.8 Å². The van der Waals surface area contributed by atoms with Gasteiger partial charge < -0.3 is 10.2 Å². The molecule has 1 heterocycles. The maximum Gasteiger partial charge on any atom is 0.137 e. The largest absolute Gasteiger partial charge is 0.373 e. The summed E-state index contributed by atoms with van der Waals surface area (Å²) >= 11 is 0. The van der Waals surface area contributed by atoms with Crippen molar-refractivity contribution < 1.29 is 0 Å². The van der Waals surface area contributed by atoms with E-state index in [-0.39, 0.29) is 0 Å². The van der Waals surface area contributed by atoms with Crippen molar-refractivity contribution in [3.8, 4) is 0 Å². The number of aromatic nitrogens is 2. The molecular formula is C17H30N4. The minimum atomic E-state index is 0.349. The highest BCUT2D eigenvalue weighted by molar-refractivity contribution is 5.59. The van der Waals surface area contributed by atoms with Crippen LogP contribution in [0.4, 0.5) is 11.6 Å². The van der Waals surface area contributed by atoms with Gasteiger partial charge in [-0.2, -0.15) is 0 Å². The summed E-state index contributed by atoms with van der Waals surface area (Å²) in [6.07, 6.45) is 6.67. The summed E-state index contributed by atoms with van der Waals surface area (Å²) in [6, 6.07) is 0.641. The highest BCUT2D eigenvalue weighted by atomic mass is 15.2. The number of anilines is 2. The summed E-state index contributed by atoms with van der Waals surface area (Å²) in [5, 5.41) is 3.24. The van der Waals surface area contributed by atoms with Crippen LogP contribution >= 0.6 is 0 Å². The van der Waals surface area contributed by atoms with Crippen LogP contribution in [0, 0.1) is 6.92 Å². The van der Waals surface area contributed by atoms with E-state index in [1.165, 1.54) is 37.7 Å². The zero-order valence-electron chi connectivity index (χ0n) is 14.2. The van der Waals surface area contributed by atoms with Gasteiger partial charge in [0.15, 0.2) is 0 Å². The molecule has 0 saturated heterocycles. The lowest BCUT2D eigenvalue weighted by Gasteiger charge is -2.36. The highest BCUT2D eigenvalue weighted by Crippen LogP contribution is 2.31. The van der Waals surface area contributed by atoms with Crippen molar-refractivity contribution in [2.24, 2.45) is 0 Å². The standard InChI is InChI=1S/C17H30N4/c1-6-21(14-10-8-7-9-11-14)17-13(4)16(18-5)19-15(20-17)12(2)3/h12,14H,6-11H2,1-5H3,(H,18,19,20). The van der Waals surface area contributed by atoms with Gasteiger partial charge in [0.2, 0.25) is 0 Å². The zero-order valence-corrected chi connectivity index (χ0v) is 14.2. The van der Waals surface area contributed by atoms with Gasteiger partial charge in [0.1, 0.15) is 17.5 Å². The molecule has 0 bridgehead atoms. The second kappa shape index (κ2) is 7.10. The average Bonchev–Trinajstić information content (AvgIpc) is 2.50. The predicted octanol–water partition coefficient (Wildman–Crippen LogP) is 4.11. The van der Waals surface area contributed by atoms with Gasteiger partial charge in [-0.1, -0.05) is 33.1 Å². The molecule has 21 heavy (non-hydrogen) atoms. The SMILES string of the molecule is CCN(c1nc(C(C)C)nc(NC)c1C)C1CCCCC1. The van der Waals surface area contributed by atoms with Crippen LogP contribution in [0.2, 0.25) is 0 Å². The molecule has 4 heteroatoms. The molecule has 1 fully saturated rings. The molecule has 1 aromatic rings. The van der Waals surface area contributed by atoms with Crippen molar-refractivity contribution >= 4 is 11.6 Å². The van der Waals surface area contributed by atoms with E-state index in [1.807, 2.05) is 7.05 Å². The van der Waals surface area contributed by atoms with Gasteiger partial charge in [-0.05, 0) is 26.7 Å².